The largest absolute Gasteiger partial charge is 0.427 e. The molecule has 1 fully saturated rings. The summed E-state index contributed by atoms with van der Waals surface area (Å²) in [5, 5.41) is 3.13. The van der Waals surface area contributed by atoms with Crippen molar-refractivity contribution in [1.82, 2.24) is 19.3 Å². The van der Waals surface area contributed by atoms with Crippen LogP contribution < -0.4 is 5.32 Å². The van der Waals surface area contributed by atoms with Gasteiger partial charge in [-0.25, -0.2) is 23.4 Å². The summed E-state index contributed by atoms with van der Waals surface area (Å²) in [6.07, 6.45) is 0.531. The highest BCUT2D eigenvalue weighted by molar-refractivity contribution is 7.89. The van der Waals surface area contributed by atoms with Crippen molar-refractivity contribution in [2.75, 3.05) is 18.4 Å². The molecule has 0 spiro atoms. The number of hydrogen-bond acceptors (Lipinski definition) is 8. The molecule has 0 atom stereocenters. The maximum Gasteiger partial charge on any atom is 0.427 e. The molecular formula is C20H18F3N5O3S2. The predicted molar refractivity (Wildman–Crippen MR) is 115 cm³/mol. The summed E-state index contributed by atoms with van der Waals surface area (Å²) in [6, 6.07) is 6.04. The minimum Gasteiger partial charge on any atom is -0.359 e. The third kappa shape index (κ3) is 5.20. The van der Waals surface area contributed by atoms with E-state index >= 15 is 0 Å². The van der Waals surface area contributed by atoms with Crippen LogP contribution in [-0.2, 0) is 16.2 Å². The highest BCUT2D eigenvalue weighted by Crippen LogP contribution is 2.35. The zero-order valence-electron chi connectivity index (χ0n) is 17.0. The summed E-state index contributed by atoms with van der Waals surface area (Å²) in [5.74, 6) is 0.294. The van der Waals surface area contributed by atoms with E-state index in [1.807, 2.05) is 0 Å². The Balaban J connectivity index is 1.42. The molecule has 0 bridgehead atoms. The molecule has 13 heteroatoms. The van der Waals surface area contributed by atoms with E-state index in [9.17, 15) is 26.4 Å². The minimum absolute atomic E-state index is 0.0872. The molecule has 1 aliphatic heterocycles. The highest BCUT2D eigenvalue weighted by Gasteiger charge is 2.34. The maximum atomic E-state index is 13.1. The lowest BCUT2D eigenvalue weighted by molar-refractivity contribution is -0.134. The van der Waals surface area contributed by atoms with Crippen molar-refractivity contribution in [3.63, 3.8) is 0 Å². The molecule has 0 radical (unpaired) electrons. The molecule has 33 heavy (non-hydrogen) atoms. The Kier molecular flexibility index (Phi) is 6.45. The molecule has 0 saturated carbocycles. The zero-order valence-corrected chi connectivity index (χ0v) is 18.6. The number of sulfonamides is 1. The van der Waals surface area contributed by atoms with Crippen molar-refractivity contribution in [3.05, 3.63) is 53.3 Å². The fraction of sp³-hybridized carbons (Fsp3) is 0.300. The number of rotatable bonds is 6. The first-order valence-corrected chi connectivity index (χ1v) is 12.1. The third-order valence-electron chi connectivity index (χ3n) is 5.10. The Morgan fingerprint density at radius 2 is 1.79 bits per heavy atom. The van der Waals surface area contributed by atoms with Crippen LogP contribution in [0.3, 0.4) is 0 Å². The van der Waals surface area contributed by atoms with Crippen LogP contribution in [-0.4, -0.2) is 53.1 Å². The molecule has 3 aromatic rings. The maximum absolute atomic E-state index is 13.1. The lowest BCUT2D eigenvalue weighted by atomic mass is 10.1. The number of benzene rings is 1. The molecule has 8 nitrogen and oxygen atoms in total. The van der Waals surface area contributed by atoms with Gasteiger partial charge in [0.25, 0.3) is 0 Å². The number of nitrogens with one attached hydrogen (secondary N) is 1. The quantitative estimate of drug-likeness (QED) is 0.518. The fourth-order valence-corrected chi connectivity index (χ4v) is 5.66. The number of carbonyl (C=O) groups is 1. The summed E-state index contributed by atoms with van der Waals surface area (Å²) in [4.78, 5) is 22.0. The van der Waals surface area contributed by atoms with E-state index in [1.54, 1.807) is 12.1 Å². The number of halogens is 3. The zero-order chi connectivity index (χ0) is 23.6. The smallest absolute Gasteiger partial charge is 0.359 e. The van der Waals surface area contributed by atoms with E-state index in [1.165, 1.54) is 28.8 Å². The minimum atomic E-state index is -4.44. The first-order chi connectivity index (χ1) is 15.7. The number of carbonyl (C=O) groups excluding carboxylic acids is 1. The first kappa shape index (κ1) is 23.3. The van der Waals surface area contributed by atoms with Gasteiger partial charge in [0.15, 0.2) is 17.2 Å². The van der Waals surface area contributed by atoms with Crippen LogP contribution in [0.5, 0.6) is 0 Å². The van der Waals surface area contributed by atoms with Gasteiger partial charge in [-0.05, 0) is 25.0 Å². The van der Waals surface area contributed by atoms with Crippen LogP contribution in [0.1, 0.15) is 28.1 Å². The van der Waals surface area contributed by atoms with Crippen LogP contribution in [0.4, 0.5) is 18.3 Å². The molecule has 0 amide bonds. The number of aldehydes is 1. The van der Waals surface area contributed by atoms with Crippen molar-refractivity contribution in [2.45, 2.75) is 30.0 Å². The third-order valence-corrected chi connectivity index (χ3v) is 7.97. The summed E-state index contributed by atoms with van der Waals surface area (Å²) in [5.41, 5.74) is 0.806. The lowest BCUT2D eigenvalue weighted by Crippen LogP contribution is -2.42. The van der Waals surface area contributed by atoms with Gasteiger partial charge < -0.3 is 5.32 Å². The van der Waals surface area contributed by atoms with E-state index in [4.69, 9.17) is 0 Å². The van der Waals surface area contributed by atoms with Gasteiger partial charge in [0.05, 0.1) is 16.7 Å². The second-order valence-electron chi connectivity index (χ2n) is 7.34. The van der Waals surface area contributed by atoms with Crippen LogP contribution >= 0.6 is 11.3 Å². The SMILES string of the molecule is O=Cc1cnc(-c2cccc(S(=O)(=O)N3CCC(Nc4ncc(C(F)(F)F)s4)CC3)c2)nc1. The number of hydrogen-bond donors (Lipinski definition) is 1. The van der Waals surface area contributed by atoms with Crippen molar-refractivity contribution in [2.24, 2.45) is 0 Å². The summed E-state index contributed by atoms with van der Waals surface area (Å²) < 4.78 is 65.8. The molecule has 2 aromatic heterocycles. The Labute approximate surface area is 191 Å². The lowest BCUT2D eigenvalue weighted by Gasteiger charge is -2.31. The monoisotopic (exact) mass is 497 g/mol. The van der Waals surface area contributed by atoms with Gasteiger partial charge in [-0.15, -0.1) is 0 Å². The van der Waals surface area contributed by atoms with Crippen molar-refractivity contribution in [1.29, 1.82) is 0 Å². The molecule has 1 aromatic carbocycles. The van der Waals surface area contributed by atoms with Crippen LogP contribution in [0.15, 0.2) is 47.8 Å². The summed E-state index contributed by atoms with van der Waals surface area (Å²) >= 11 is 0.528. The second kappa shape index (κ2) is 9.15. The summed E-state index contributed by atoms with van der Waals surface area (Å²) in [7, 11) is -3.78. The Bertz CT molecular complexity index is 1240. The molecule has 3 heterocycles. The van der Waals surface area contributed by atoms with Crippen molar-refractivity contribution in [3.8, 4) is 11.4 Å². The van der Waals surface area contributed by atoms with Gasteiger partial charge in [-0.2, -0.15) is 17.5 Å². The number of nitrogens with zero attached hydrogens (tertiary/aromatic N) is 4. The number of thiazole rings is 1. The van der Waals surface area contributed by atoms with E-state index in [-0.39, 0.29) is 29.2 Å². The Morgan fingerprint density at radius 3 is 2.39 bits per heavy atom. The molecule has 0 aliphatic carbocycles. The van der Waals surface area contributed by atoms with Gasteiger partial charge in [0, 0.05) is 37.1 Å². The van der Waals surface area contributed by atoms with Gasteiger partial charge in [0.2, 0.25) is 10.0 Å². The van der Waals surface area contributed by atoms with E-state index in [2.05, 4.69) is 20.3 Å². The average molecular weight is 498 g/mol. The van der Waals surface area contributed by atoms with Gasteiger partial charge in [0.1, 0.15) is 4.88 Å². The first-order valence-electron chi connectivity index (χ1n) is 9.84. The number of alkyl halides is 3. The van der Waals surface area contributed by atoms with Crippen LogP contribution in [0.25, 0.3) is 11.4 Å². The summed E-state index contributed by atoms with van der Waals surface area (Å²) in [6.45, 7) is 0.429. The fourth-order valence-electron chi connectivity index (χ4n) is 3.38. The molecule has 1 saturated heterocycles. The second-order valence-corrected chi connectivity index (χ2v) is 10.3. The predicted octanol–water partition coefficient (Wildman–Crippen LogP) is 3.70. The highest BCUT2D eigenvalue weighted by atomic mass is 32.2. The normalized spacial score (nSPS) is 16.0. The van der Waals surface area contributed by atoms with Crippen LogP contribution in [0, 0.1) is 0 Å². The number of piperidine rings is 1. The molecule has 4 rings (SSSR count). The average Bonchev–Trinajstić information content (AvgIpc) is 3.29. The number of anilines is 1. The standard InChI is InChI=1S/C20H18F3N5O3S2/c21-20(22,23)17-11-26-19(32-17)27-15-4-6-28(7-5-15)33(30,31)16-3-1-2-14(8-16)18-24-9-13(12-29)10-25-18/h1-3,8-12,15H,4-7H2,(H,26,27). The van der Waals surface area contributed by atoms with Gasteiger partial charge in [-0.3, -0.25) is 4.79 Å². The van der Waals surface area contributed by atoms with E-state index in [0.717, 1.165) is 6.20 Å². The van der Waals surface area contributed by atoms with E-state index in [0.29, 0.717) is 47.4 Å². The van der Waals surface area contributed by atoms with Crippen molar-refractivity contribution >= 4 is 32.8 Å². The number of aromatic nitrogens is 3. The topological polar surface area (TPSA) is 105 Å². The molecule has 1 aliphatic rings. The Hall–Kier alpha value is -2.90. The van der Waals surface area contributed by atoms with E-state index < -0.39 is 21.1 Å². The van der Waals surface area contributed by atoms with Gasteiger partial charge in [-0.1, -0.05) is 23.5 Å². The Morgan fingerprint density at radius 1 is 1.09 bits per heavy atom. The van der Waals surface area contributed by atoms with Gasteiger partial charge >= 0.3 is 6.18 Å². The molecular weight excluding hydrogens is 479 g/mol. The molecule has 174 valence electrons. The molecule has 1 N–H and O–H groups in total. The molecule has 0 unspecified atom stereocenters. The van der Waals surface area contributed by atoms with Crippen LogP contribution in [0.2, 0.25) is 0 Å². The van der Waals surface area contributed by atoms with Crippen molar-refractivity contribution < 1.29 is 26.4 Å².